The highest BCUT2D eigenvalue weighted by atomic mass is 32.2. The second-order valence-corrected chi connectivity index (χ2v) is 9.94. The molecular weight excluding hydrogens is 471 g/mol. The summed E-state index contributed by atoms with van der Waals surface area (Å²) in [5.74, 6) is -0.352. The molecule has 1 fully saturated rings. The number of benzene rings is 2. The number of aromatic nitrogens is 1. The maximum absolute atomic E-state index is 13.3. The van der Waals surface area contributed by atoms with Crippen molar-refractivity contribution in [2.24, 2.45) is 0 Å². The lowest BCUT2D eigenvalue weighted by Gasteiger charge is -2.18. The molecule has 1 amide bonds. The Labute approximate surface area is 194 Å². The highest BCUT2D eigenvalue weighted by Gasteiger charge is 2.35. The first kappa shape index (κ1) is 24.0. The first-order valence-corrected chi connectivity index (χ1v) is 12.1. The molecule has 11 heteroatoms. The standard InChI is InChI=1S/C23H22F3N3O4S/c24-23(25,26)19-8-4-7-18-20(9-11-27-22(18)19)33-15-21(30)29-12-10-17(14-29)34(31,32)28-13-16-5-2-1-3-6-16/h1-9,11,17,28H,10,12-15H2. The third-order valence-corrected chi connectivity index (χ3v) is 7.45. The van der Waals surface area contributed by atoms with Gasteiger partial charge >= 0.3 is 6.18 Å². The van der Waals surface area contributed by atoms with Gasteiger partial charge in [0.1, 0.15) is 5.75 Å². The summed E-state index contributed by atoms with van der Waals surface area (Å²) in [6.45, 7) is -0.0125. The molecule has 1 aliphatic heterocycles. The van der Waals surface area contributed by atoms with Gasteiger partial charge in [0.2, 0.25) is 10.0 Å². The molecule has 0 aliphatic carbocycles. The summed E-state index contributed by atoms with van der Waals surface area (Å²) in [5.41, 5.74) is -0.335. The maximum Gasteiger partial charge on any atom is 0.418 e. The molecule has 2 aromatic carbocycles. The number of nitrogens with one attached hydrogen (secondary N) is 1. The van der Waals surface area contributed by atoms with Crippen LogP contribution in [0.3, 0.4) is 0 Å². The number of hydrogen-bond acceptors (Lipinski definition) is 5. The van der Waals surface area contributed by atoms with E-state index in [1.54, 1.807) is 0 Å². The van der Waals surface area contributed by atoms with Gasteiger partial charge in [-0.25, -0.2) is 13.1 Å². The number of nitrogens with zero attached hydrogens (tertiary/aromatic N) is 2. The van der Waals surface area contributed by atoms with Gasteiger partial charge in [-0.3, -0.25) is 9.78 Å². The molecule has 0 saturated carbocycles. The maximum atomic E-state index is 13.3. The number of sulfonamides is 1. The van der Waals surface area contributed by atoms with Gasteiger partial charge in [0.05, 0.1) is 16.3 Å². The molecule has 34 heavy (non-hydrogen) atoms. The minimum absolute atomic E-state index is 0.0155. The fraction of sp³-hybridized carbons (Fsp3) is 0.304. The first-order chi connectivity index (χ1) is 16.1. The van der Waals surface area contributed by atoms with Crippen LogP contribution in [0, 0.1) is 0 Å². The number of likely N-dealkylation sites (tertiary alicyclic amines) is 1. The zero-order valence-electron chi connectivity index (χ0n) is 18.0. The Kier molecular flexibility index (Phi) is 6.76. The molecule has 1 unspecified atom stereocenters. The summed E-state index contributed by atoms with van der Waals surface area (Å²) in [7, 11) is -3.64. The van der Waals surface area contributed by atoms with Gasteiger partial charge in [-0.2, -0.15) is 13.2 Å². The van der Waals surface area contributed by atoms with E-state index < -0.39 is 39.5 Å². The van der Waals surface area contributed by atoms with Gasteiger partial charge in [0.25, 0.3) is 5.91 Å². The van der Waals surface area contributed by atoms with E-state index in [4.69, 9.17) is 4.74 Å². The molecule has 1 aliphatic rings. The topological polar surface area (TPSA) is 88.6 Å². The number of carbonyl (C=O) groups excluding carboxylic acids is 1. The summed E-state index contributed by atoms with van der Waals surface area (Å²) < 4.78 is 73.1. The zero-order chi connectivity index (χ0) is 24.3. The smallest absolute Gasteiger partial charge is 0.418 e. The van der Waals surface area contributed by atoms with Gasteiger partial charge in [0, 0.05) is 31.2 Å². The lowest BCUT2D eigenvalue weighted by Crippen LogP contribution is -2.38. The monoisotopic (exact) mass is 493 g/mol. The van der Waals surface area contributed by atoms with E-state index in [0.717, 1.165) is 11.6 Å². The van der Waals surface area contributed by atoms with Crippen LogP contribution in [-0.2, 0) is 27.5 Å². The summed E-state index contributed by atoms with van der Waals surface area (Å²) in [5, 5.41) is -0.617. The normalized spacial score (nSPS) is 16.7. The predicted octanol–water partition coefficient (Wildman–Crippen LogP) is 3.35. The van der Waals surface area contributed by atoms with E-state index in [9.17, 15) is 26.4 Å². The molecule has 0 spiro atoms. The minimum atomic E-state index is -4.58. The highest BCUT2D eigenvalue weighted by molar-refractivity contribution is 7.90. The van der Waals surface area contributed by atoms with Crippen LogP contribution >= 0.6 is 0 Å². The third kappa shape index (κ3) is 5.31. The molecule has 4 rings (SSSR count). The third-order valence-electron chi connectivity index (χ3n) is 5.64. The van der Waals surface area contributed by atoms with Crippen LogP contribution in [0.15, 0.2) is 60.8 Å². The van der Waals surface area contributed by atoms with Crippen molar-refractivity contribution in [2.75, 3.05) is 19.7 Å². The van der Waals surface area contributed by atoms with Crippen molar-refractivity contribution in [2.45, 2.75) is 24.4 Å². The molecule has 0 bridgehead atoms. The second kappa shape index (κ2) is 9.59. The van der Waals surface area contributed by atoms with Crippen molar-refractivity contribution >= 4 is 26.8 Å². The summed E-state index contributed by atoms with van der Waals surface area (Å²) in [6, 6.07) is 14.1. The van der Waals surface area contributed by atoms with Crippen LogP contribution in [0.4, 0.5) is 13.2 Å². The fourth-order valence-corrected chi connectivity index (χ4v) is 5.24. The van der Waals surface area contributed by atoms with Gasteiger partial charge in [0.15, 0.2) is 6.61 Å². The van der Waals surface area contributed by atoms with Crippen molar-refractivity contribution in [3.8, 4) is 5.75 Å². The Balaban J connectivity index is 1.38. The number of halogens is 3. The molecular formula is C23H22F3N3O4S. The van der Waals surface area contributed by atoms with Gasteiger partial charge < -0.3 is 9.64 Å². The Morgan fingerprint density at radius 2 is 1.88 bits per heavy atom. The largest absolute Gasteiger partial charge is 0.483 e. The number of amides is 1. The number of rotatable bonds is 7. The number of hydrogen-bond donors (Lipinski definition) is 1. The van der Waals surface area contributed by atoms with E-state index >= 15 is 0 Å². The molecule has 1 aromatic heterocycles. The SMILES string of the molecule is O=C(COc1ccnc2c(C(F)(F)F)cccc12)N1CCC(S(=O)(=O)NCc2ccccc2)C1. The molecule has 1 atom stereocenters. The number of alkyl halides is 3. The van der Waals surface area contributed by atoms with E-state index in [1.165, 1.54) is 29.3 Å². The van der Waals surface area contributed by atoms with Gasteiger partial charge in [-0.05, 0) is 30.2 Å². The van der Waals surface area contributed by atoms with E-state index in [0.29, 0.717) is 0 Å². The van der Waals surface area contributed by atoms with Crippen LogP contribution in [0.5, 0.6) is 5.75 Å². The first-order valence-electron chi connectivity index (χ1n) is 10.5. The van der Waals surface area contributed by atoms with E-state index in [-0.39, 0.29) is 42.7 Å². The van der Waals surface area contributed by atoms with Crippen molar-refractivity contribution in [1.29, 1.82) is 0 Å². The predicted molar refractivity (Wildman–Crippen MR) is 119 cm³/mol. The molecule has 7 nitrogen and oxygen atoms in total. The second-order valence-electron chi connectivity index (χ2n) is 7.90. The number of para-hydroxylation sites is 1. The number of ether oxygens (including phenoxy) is 1. The van der Waals surface area contributed by atoms with Crippen molar-refractivity contribution in [3.05, 3.63) is 71.9 Å². The Bertz CT molecular complexity index is 1280. The van der Waals surface area contributed by atoms with E-state index in [2.05, 4.69) is 9.71 Å². The van der Waals surface area contributed by atoms with Gasteiger partial charge in [-0.15, -0.1) is 0 Å². The van der Waals surface area contributed by atoms with Crippen LogP contribution in [-0.4, -0.2) is 49.2 Å². The summed E-state index contributed by atoms with van der Waals surface area (Å²) in [4.78, 5) is 17.8. The van der Waals surface area contributed by atoms with Crippen molar-refractivity contribution in [1.82, 2.24) is 14.6 Å². The van der Waals surface area contributed by atoms with Crippen LogP contribution in [0.2, 0.25) is 0 Å². The molecule has 1 N–H and O–H groups in total. The summed E-state index contributed by atoms with van der Waals surface area (Å²) >= 11 is 0. The Morgan fingerprint density at radius 1 is 1.12 bits per heavy atom. The number of carbonyl (C=O) groups is 1. The van der Waals surface area contributed by atoms with E-state index in [1.807, 2.05) is 30.3 Å². The number of pyridine rings is 1. The lowest BCUT2D eigenvalue weighted by atomic mass is 10.1. The molecule has 1 saturated heterocycles. The van der Waals surface area contributed by atoms with Gasteiger partial charge in [-0.1, -0.05) is 36.4 Å². The quantitative estimate of drug-likeness (QED) is 0.546. The average Bonchev–Trinajstić information content (AvgIpc) is 3.32. The van der Waals surface area contributed by atoms with Crippen LogP contribution in [0.25, 0.3) is 10.9 Å². The number of fused-ring (bicyclic) bond motifs is 1. The fourth-order valence-electron chi connectivity index (χ4n) is 3.84. The zero-order valence-corrected chi connectivity index (χ0v) is 18.8. The van der Waals surface area contributed by atoms with Crippen LogP contribution in [0.1, 0.15) is 17.5 Å². The Hall–Kier alpha value is -3.18. The van der Waals surface area contributed by atoms with Crippen molar-refractivity contribution < 1.29 is 31.1 Å². The molecule has 3 aromatic rings. The van der Waals surface area contributed by atoms with Crippen LogP contribution < -0.4 is 9.46 Å². The molecule has 180 valence electrons. The van der Waals surface area contributed by atoms with Crippen molar-refractivity contribution in [3.63, 3.8) is 0 Å². The average molecular weight is 494 g/mol. The lowest BCUT2D eigenvalue weighted by molar-refractivity contribution is -0.136. The minimum Gasteiger partial charge on any atom is -0.483 e. The molecule has 2 heterocycles. The Morgan fingerprint density at radius 3 is 2.62 bits per heavy atom. The summed E-state index contributed by atoms with van der Waals surface area (Å²) in [6.07, 6.45) is -3.11. The highest BCUT2D eigenvalue weighted by Crippen LogP contribution is 2.36. The molecule has 0 radical (unpaired) electrons.